The van der Waals surface area contributed by atoms with Gasteiger partial charge in [0.2, 0.25) is 0 Å². The molecule has 1 aromatic rings. The van der Waals surface area contributed by atoms with Gasteiger partial charge in [0, 0.05) is 17.6 Å². The molecule has 0 heterocycles. The molecule has 0 aliphatic carbocycles. The fourth-order valence-corrected chi connectivity index (χ4v) is 2.19. The van der Waals surface area contributed by atoms with Gasteiger partial charge in [0.05, 0.1) is 6.42 Å². The number of halogens is 1. The van der Waals surface area contributed by atoms with E-state index in [-0.39, 0.29) is 6.42 Å². The molecule has 116 valence electrons. The van der Waals surface area contributed by atoms with Crippen molar-refractivity contribution in [3.63, 3.8) is 0 Å². The molecule has 0 spiro atoms. The largest absolute Gasteiger partial charge is 0.481 e. The minimum Gasteiger partial charge on any atom is -0.481 e. The van der Waals surface area contributed by atoms with Gasteiger partial charge in [-0.3, -0.25) is 4.79 Å². The average molecular weight is 318 g/mol. The smallest absolute Gasteiger partial charge is 0.307 e. The zero-order valence-electron chi connectivity index (χ0n) is 12.8. The van der Waals surface area contributed by atoms with Crippen LogP contribution in [-0.4, -0.2) is 18.1 Å². The Hall–Kier alpha value is -2.26. The number of nitrogens with one attached hydrogen (secondary N) is 1. The van der Waals surface area contributed by atoms with Crippen LogP contribution in [0.1, 0.15) is 18.9 Å². The van der Waals surface area contributed by atoms with Gasteiger partial charge in [0.15, 0.2) is 0 Å². The van der Waals surface area contributed by atoms with E-state index in [0.29, 0.717) is 10.6 Å². The second-order valence-electron chi connectivity index (χ2n) is 4.68. The van der Waals surface area contributed by atoms with E-state index in [1.54, 1.807) is 12.3 Å². The van der Waals surface area contributed by atoms with Crippen molar-refractivity contribution in [2.45, 2.75) is 13.3 Å². The van der Waals surface area contributed by atoms with Crippen LogP contribution in [0.15, 0.2) is 66.4 Å². The molecule has 0 amide bonds. The Balaban J connectivity index is 3.35. The summed E-state index contributed by atoms with van der Waals surface area (Å²) in [6.07, 6.45) is 7.12. The monoisotopic (exact) mass is 317 g/mol. The lowest BCUT2D eigenvalue weighted by Crippen LogP contribution is -1.98. The number of hydrogen-bond donors (Lipinski definition) is 2. The maximum absolute atomic E-state index is 10.9. The topological polar surface area (TPSA) is 49.3 Å². The van der Waals surface area contributed by atoms with Gasteiger partial charge < -0.3 is 10.4 Å². The van der Waals surface area contributed by atoms with Crippen LogP contribution < -0.4 is 5.32 Å². The Kier molecular flexibility index (Phi) is 7.20. The molecule has 0 unspecified atom stereocenters. The van der Waals surface area contributed by atoms with E-state index in [9.17, 15) is 4.79 Å². The Labute approximate surface area is 136 Å². The van der Waals surface area contributed by atoms with Gasteiger partial charge in [-0.05, 0) is 42.0 Å². The number of hydrogen-bond acceptors (Lipinski definition) is 2. The summed E-state index contributed by atoms with van der Waals surface area (Å²) >= 11 is 6.25. The fraction of sp³-hybridized carbons (Fsp3) is 0.167. The summed E-state index contributed by atoms with van der Waals surface area (Å²) in [5, 5.41) is 12.5. The summed E-state index contributed by atoms with van der Waals surface area (Å²) in [4.78, 5) is 10.9. The lowest BCUT2D eigenvalue weighted by molar-refractivity contribution is -0.136. The molecule has 3 nitrogen and oxygen atoms in total. The first-order chi connectivity index (χ1) is 10.5. The normalized spacial score (nSPS) is 13.0. The highest BCUT2D eigenvalue weighted by atomic mass is 35.5. The van der Waals surface area contributed by atoms with Crippen LogP contribution in [0.2, 0.25) is 5.02 Å². The van der Waals surface area contributed by atoms with Gasteiger partial charge in [-0.1, -0.05) is 48.5 Å². The summed E-state index contributed by atoms with van der Waals surface area (Å²) in [7, 11) is 1.81. The fourth-order valence-electron chi connectivity index (χ4n) is 1.95. The molecule has 0 aromatic heterocycles. The summed E-state index contributed by atoms with van der Waals surface area (Å²) in [6, 6.07) is 7.52. The van der Waals surface area contributed by atoms with Crippen molar-refractivity contribution in [3.05, 3.63) is 77.0 Å². The number of rotatable bonds is 7. The molecule has 0 saturated carbocycles. The third-order valence-corrected chi connectivity index (χ3v) is 3.41. The second kappa shape index (κ2) is 8.90. The molecule has 22 heavy (non-hydrogen) atoms. The lowest BCUT2D eigenvalue weighted by Gasteiger charge is -2.08. The van der Waals surface area contributed by atoms with E-state index >= 15 is 0 Å². The van der Waals surface area contributed by atoms with E-state index in [1.807, 2.05) is 50.4 Å². The number of allylic oxidation sites excluding steroid dienone is 5. The maximum atomic E-state index is 10.9. The van der Waals surface area contributed by atoms with Gasteiger partial charge in [-0.15, -0.1) is 0 Å². The van der Waals surface area contributed by atoms with Gasteiger partial charge in [-0.2, -0.15) is 0 Å². The Morgan fingerprint density at radius 3 is 2.64 bits per heavy atom. The van der Waals surface area contributed by atoms with Crippen molar-refractivity contribution in [1.82, 2.24) is 5.32 Å². The van der Waals surface area contributed by atoms with E-state index in [4.69, 9.17) is 16.7 Å². The molecule has 1 aromatic carbocycles. The minimum atomic E-state index is -0.882. The molecule has 4 heteroatoms. The first-order valence-corrected chi connectivity index (χ1v) is 7.21. The van der Waals surface area contributed by atoms with E-state index in [1.165, 1.54) is 0 Å². The molecule has 0 atom stereocenters. The summed E-state index contributed by atoms with van der Waals surface area (Å²) < 4.78 is 0. The van der Waals surface area contributed by atoms with E-state index in [0.717, 1.165) is 16.7 Å². The summed E-state index contributed by atoms with van der Waals surface area (Å²) in [6.45, 7) is 5.55. The first kappa shape index (κ1) is 17.8. The molecule has 1 rings (SSSR count). The zero-order valence-corrected chi connectivity index (χ0v) is 13.5. The quantitative estimate of drug-likeness (QED) is 0.731. The molecule has 0 aliphatic rings. The molecule has 0 aliphatic heterocycles. The van der Waals surface area contributed by atoms with Crippen molar-refractivity contribution in [1.29, 1.82) is 0 Å². The standard InChI is InChI=1S/C18H20ClNO2/c1-4-14(12-18(21)22)13(2)11-15(9-10-20-3)16-7-5-6-8-17(16)19/h4-11,20H,1,12H2,2-3H3,(H,21,22)/b10-9-,14-13-,15-11+. The van der Waals surface area contributed by atoms with Gasteiger partial charge in [0.1, 0.15) is 0 Å². The highest BCUT2D eigenvalue weighted by molar-refractivity contribution is 6.32. The van der Waals surface area contributed by atoms with Gasteiger partial charge in [0.25, 0.3) is 0 Å². The van der Waals surface area contributed by atoms with Crippen LogP contribution in [0.4, 0.5) is 0 Å². The molecule has 0 fully saturated rings. The number of carboxylic acid groups (broad SMARTS) is 1. The molecule has 0 radical (unpaired) electrons. The Morgan fingerprint density at radius 2 is 2.09 bits per heavy atom. The number of benzene rings is 1. The second-order valence-corrected chi connectivity index (χ2v) is 5.09. The number of carbonyl (C=O) groups is 1. The number of carboxylic acids is 1. The Bertz CT molecular complexity index is 642. The maximum Gasteiger partial charge on any atom is 0.307 e. The predicted molar refractivity (Wildman–Crippen MR) is 92.8 cm³/mol. The predicted octanol–water partition coefficient (Wildman–Crippen LogP) is 4.43. The lowest BCUT2D eigenvalue weighted by atomic mass is 9.99. The summed E-state index contributed by atoms with van der Waals surface area (Å²) in [5.41, 5.74) is 3.29. The average Bonchev–Trinajstić information content (AvgIpc) is 2.49. The van der Waals surface area contributed by atoms with Crippen molar-refractivity contribution >= 4 is 23.1 Å². The molecule has 0 saturated heterocycles. The van der Waals surface area contributed by atoms with Crippen LogP contribution in [-0.2, 0) is 4.79 Å². The molecule has 2 N–H and O–H groups in total. The minimum absolute atomic E-state index is 0.0582. The number of aliphatic carboxylic acids is 1. The third-order valence-electron chi connectivity index (χ3n) is 3.08. The van der Waals surface area contributed by atoms with Crippen molar-refractivity contribution in [2.24, 2.45) is 0 Å². The van der Waals surface area contributed by atoms with Gasteiger partial charge >= 0.3 is 5.97 Å². The van der Waals surface area contributed by atoms with Crippen LogP contribution in [0.25, 0.3) is 5.57 Å². The SMILES string of the molecule is C=C/C(CC(=O)O)=C(C)/C=C(\C=C/NC)c1ccccc1Cl. The van der Waals surface area contributed by atoms with Crippen LogP contribution >= 0.6 is 11.6 Å². The van der Waals surface area contributed by atoms with Crippen molar-refractivity contribution < 1.29 is 9.90 Å². The molecular weight excluding hydrogens is 298 g/mol. The van der Waals surface area contributed by atoms with Crippen LogP contribution in [0.3, 0.4) is 0 Å². The van der Waals surface area contributed by atoms with Gasteiger partial charge in [-0.25, -0.2) is 0 Å². The highest BCUT2D eigenvalue weighted by Crippen LogP contribution is 2.26. The van der Waals surface area contributed by atoms with E-state index in [2.05, 4.69) is 11.9 Å². The van der Waals surface area contributed by atoms with E-state index < -0.39 is 5.97 Å². The summed E-state index contributed by atoms with van der Waals surface area (Å²) in [5.74, 6) is -0.882. The zero-order chi connectivity index (χ0) is 16.5. The molecular formula is C18H20ClNO2. The Morgan fingerprint density at radius 1 is 1.41 bits per heavy atom. The first-order valence-electron chi connectivity index (χ1n) is 6.84. The van der Waals surface area contributed by atoms with Crippen LogP contribution in [0.5, 0.6) is 0 Å². The highest BCUT2D eigenvalue weighted by Gasteiger charge is 2.07. The third kappa shape index (κ3) is 5.26. The van der Waals surface area contributed by atoms with Crippen molar-refractivity contribution in [3.8, 4) is 0 Å². The van der Waals surface area contributed by atoms with Crippen LogP contribution in [0, 0.1) is 0 Å². The van der Waals surface area contributed by atoms with Crippen molar-refractivity contribution in [2.75, 3.05) is 7.05 Å². The molecule has 0 bridgehead atoms.